The summed E-state index contributed by atoms with van der Waals surface area (Å²) in [6.45, 7) is 6.09. The molecule has 0 aromatic heterocycles. The number of carbonyl (C=O) groups excluding carboxylic acids is 2. The lowest BCUT2D eigenvalue weighted by Gasteiger charge is -2.34. The Hall–Kier alpha value is -3.31. The summed E-state index contributed by atoms with van der Waals surface area (Å²) in [5.74, 6) is 2.72. The number of amides is 2. The molecule has 0 bridgehead atoms. The third-order valence-electron chi connectivity index (χ3n) is 4.97. The molecule has 2 N–H and O–H groups in total. The van der Waals surface area contributed by atoms with Crippen LogP contribution in [0.5, 0.6) is 0 Å². The Bertz CT molecular complexity index is 908. The van der Waals surface area contributed by atoms with E-state index in [1.807, 2.05) is 19.2 Å². The largest absolute Gasteiger partial charge is 0.471 e. The van der Waals surface area contributed by atoms with Crippen LogP contribution in [0.15, 0.2) is 60.7 Å². The third kappa shape index (κ3) is 6.11. The number of carbonyl (C=O) groups is 2. The van der Waals surface area contributed by atoms with Crippen molar-refractivity contribution in [1.82, 2.24) is 15.5 Å². The molecule has 0 saturated carbocycles. The van der Waals surface area contributed by atoms with Crippen molar-refractivity contribution in [2.24, 2.45) is 0 Å². The Balaban J connectivity index is 2.44. The van der Waals surface area contributed by atoms with E-state index in [4.69, 9.17) is 0 Å². The maximum atomic E-state index is 13.4. The van der Waals surface area contributed by atoms with E-state index in [0.29, 0.717) is 6.54 Å². The molecular weight excluding hydrogens is 419 g/mol. The zero-order chi connectivity index (χ0) is 23.6. The zero-order valence-corrected chi connectivity index (χ0v) is 18.0. The van der Waals surface area contributed by atoms with Crippen molar-refractivity contribution < 1.29 is 22.8 Å². The van der Waals surface area contributed by atoms with Gasteiger partial charge in [-0.25, -0.2) is 0 Å². The molecule has 0 fully saturated rings. The minimum Gasteiger partial charge on any atom is -0.343 e. The summed E-state index contributed by atoms with van der Waals surface area (Å²) >= 11 is 0. The van der Waals surface area contributed by atoms with Gasteiger partial charge in [0, 0.05) is 0 Å². The first-order valence-electron chi connectivity index (χ1n) is 10.2. The molecule has 0 radical (unpaired) electrons. The number of nitrogens with zero attached hydrogens (tertiary/aromatic N) is 1. The van der Waals surface area contributed by atoms with Crippen molar-refractivity contribution in [3.05, 3.63) is 71.8 Å². The maximum Gasteiger partial charge on any atom is 0.471 e. The van der Waals surface area contributed by atoms with Gasteiger partial charge in [-0.3, -0.25) is 14.5 Å². The summed E-state index contributed by atoms with van der Waals surface area (Å²) in [5.41, 5.74) is -1.70. The van der Waals surface area contributed by atoms with E-state index in [-0.39, 0.29) is 17.7 Å². The van der Waals surface area contributed by atoms with Crippen LogP contribution in [-0.4, -0.2) is 49.1 Å². The summed E-state index contributed by atoms with van der Waals surface area (Å²) < 4.78 is 39.6. The average Bonchev–Trinajstić information content (AvgIpc) is 2.80. The third-order valence-corrected chi connectivity index (χ3v) is 4.97. The van der Waals surface area contributed by atoms with E-state index < -0.39 is 23.5 Å². The predicted molar refractivity (Wildman–Crippen MR) is 116 cm³/mol. The second-order valence-corrected chi connectivity index (χ2v) is 6.93. The molecule has 5 nitrogen and oxygen atoms in total. The van der Waals surface area contributed by atoms with Gasteiger partial charge in [0.25, 0.3) is 5.91 Å². The van der Waals surface area contributed by atoms with Crippen LogP contribution in [0.2, 0.25) is 0 Å². The fourth-order valence-corrected chi connectivity index (χ4v) is 3.18. The lowest BCUT2D eigenvalue weighted by atomic mass is 9.81. The van der Waals surface area contributed by atoms with Crippen molar-refractivity contribution in [2.45, 2.75) is 25.6 Å². The molecule has 0 heterocycles. The quantitative estimate of drug-likeness (QED) is 0.614. The highest BCUT2D eigenvalue weighted by Crippen LogP contribution is 2.32. The van der Waals surface area contributed by atoms with E-state index in [1.165, 1.54) is 24.3 Å². The highest BCUT2D eigenvalue weighted by atomic mass is 19.4. The Labute approximate surface area is 186 Å². The molecule has 32 heavy (non-hydrogen) atoms. The maximum absolute atomic E-state index is 13.4. The lowest BCUT2D eigenvalue weighted by Crippen LogP contribution is -2.59. The molecule has 0 saturated heterocycles. The minimum atomic E-state index is -5.17. The molecule has 0 spiro atoms. The number of hydrogen-bond acceptors (Lipinski definition) is 3. The summed E-state index contributed by atoms with van der Waals surface area (Å²) in [6.07, 6.45) is -5.17. The van der Waals surface area contributed by atoms with E-state index in [0.717, 1.165) is 13.1 Å². The average molecular weight is 445 g/mol. The standard InChI is InChI=1S/C24H26F3N3O2/c1-3-30(4-2)18-12-11-17-28-21(31)23(19-13-7-5-8-14-19,20-15-9-6-10-16-20)29-22(32)24(25,26)27/h5-10,13-16H,3-4,17-18H2,1-2H3,(H,28,31)(H,29,32). The van der Waals surface area contributed by atoms with E-state index in [9.17, 15) is 22.8 Å². The second kappa shape index (κ2) is 11.3. The van der Waals surface area contributed by atoms with Crippen molar-refractivity contribution in [2.75, 3.05) is 26.2 Å². The molecule has 0 unspecified atom stereocenters. The first-order valence-corrected chi connectivity index (χ1v) is 10.2. The molecule has 0 aliphatic rings. The van der Waals surface area contributed by atoms with Crippen LogP contribution in [0.4, 0.5) is 13.2 Å². The second-order valence-electron chi connectivity index (χ2n) is 6.93. The molecule has 0 atom stereocenters. The van der Waals surface area contributed by atoms with Gasteiger partial charge in [-0.2, -0.15) is 13.2 Å². The number of nitrogens with one attached hydrogen (secondary N) is 2. The van der Waals surface area contributed by atoms with Crippen LogP contribution < -0.4 is 10.6 Å². The fourth-order valence-electron chi connectivity index (χ4n) is 3.18. The Morgan fingerprint density at radius 3 is 1.78 bits per heavy atom. The summed E-state index contributed by atoms with van der Waals surface area (Å²) in [7, 11) is 0. The van der Waals surface area contributed by atoms with Gasteiger partial charge in [-0.05, 0) is 24.2 Å². The van der Waals surface area contributed by atoms with E-state index in [1.54, 1.807) is 36.4 Å². The number of hydrogen-bond donors (Lipinski definition) is 2. The van der Waals surface area contributed by atoms with Crippen molar-refractivity contribution in [1.29, 1.82) is 0 Å². The molecule has 2 aromatic carbocycles. The SMILES string of the molecule is CCN(CC)CC#CCNC(=O)C(NC(=O)C(F)(F)F)(c1ccccc1)c1ccccc1. The number of rotatable bonds is 8. The number of halogens is 3. The molecule has 8 heteroatoms. The topological polar surface area (TPSA) is 61.4 Å². The fraction of sp³-hybridized carbons (Fsp3) is 0.333. The first-order chi connectivity index (χ1) is 15.3. The monoisotopic (exact) mass is 445 g/mol. The van der Waals surface area contributed by atoms with Crippen molar-refractivity contribution >= 4 is 11.8 Å². The highest BCUT2D eigenvalue weighted by molar-refractivity contribution is 5.97. The molecule has 2 rings (SSSR count). The van der Waals surface area contributed by atoms with Crippen LogP contribution in [0.3, 0.4) is 0 Å². The molecular formula is C24H26F3N3O2. The normalized spacial score (nSPS) is 11.4. The molecule has 2 amide bonds. The lowest BCUT2D eigenvalue weighted by molar-refractivity contribution is -0.176. The summed E-state index contributed by atoms with van der Waals surface area (Å²) in [4.78, 5) is 27.4. The number of alkyl halides is 3. The van der Waals surface area contributed by atoms with Gasteiger partial charge in [0.15, 0.2) is 5.54 Å². The molecule has 170 valence electrons. The molecule has 0 aliphatic heterocycles. The Morgan fingerprint density at radius 1 is 0.844 bits per heavy atom. The van der Waals surface area contributed by atoms with Gasteiger partial charge in [-0.15, -0.1) is 0 Å². The van der Waals surface area contributed by atoms with Gasteiger partial charge in [0.05, 0.1) is 13.1 Å². The zero-order valence-electron chi connectivity index (χ0n) is 18.0. The minimum absolute atomic E-state index is 0.0800. The van der Waals surface area contributed by atoms with Crippen LogP contribution in [0.1, 0.15) is 25.0 Å². The van der Waals surface area contributed by atoms with Crippen LogP contribution in [0.25, 0.3) is 0 Å². The van der Waals surface area contributed by atoms with E-state index in [2.05, 4.69) is 22.1 Å². The van der Waals surface area contributed by atoms with Gasteiger partial charge >= 0.3 is 12.1 Å². The smallest absolute Gasteiger partial charge is 0.343 e. The Kier molecular flexibility index (Phi) is 8.85. The van der Waals surface area contributed by atoms with Gasteiger partial charge in [0.2, 0.25) is 0 Å². The van der Waals surface area contributed by atoms with Crippen LogP contribution in [0, 0.1) is 11.8 Å². The summed E-state index contributed by atoms with van der Waals surface area (Å²) in [6, 6.07) is 15.7. The number of benzene rings is 2. The molecule has 2 aromatic rings. The highest BCUT2D eigenvalue weighted by Gasteiger charge is 2.49. The van der Waals surface area contributed by atoms with E-state index >= 15 is 0 Å². The van der Waals surface area contributed by atoms with Gasteiger partial charge in [0.1, 0.15) is 0 Å². The molecule has 0 aliphatic carbocycles. The van der Waals surface area contributed by atoms with Crippen LogP contribution >= 0.6 is 0 Å². The van der Waals surface area contributed by atoms with Crippen molar-refractivity contribution in [3.8, 4) is 11.8 Å². The predicted octanol–water partition coefficient (Wildman–Crippen LogP) is 3.07. The first kappa shape index (κ1) is 25.0. The summed E-state index contributed by atoms with van der Waals surface area (Å²) in [5, 5.41) is 4.52. The van der Waals surface area contributed by atoms with Gasteiger partial charge < -0.3 is 10.6 Å². The van der Waals surface area contributed by atoms with Crippen molar-refractivity contribution in [3.63, 3.8) is 0 Å². The van der Waals surface area contributed by atoms with Gasteiger partial charge in [-0.1, -0.05) is 86.4 Å². The van der Waals surface area contributed by atoms with Crippen LogP contribution in [-0.2, 0) is 15.1 Å². The Morgan fingerprint density at radius 2 is 1.34 bits per heavy atom.